The second kappa shape index (κ2) is 5.54. The summed E-state index contributed by atoms with van der Waals surface area (Å²) in [7, 11) is -4.08. The number of rotatable bonds is 4. The van der Waals surface area contributed by atoms with Crippen LogP contribution in [0.2, 0.25) is 0 Å². The standard InChI is InChI=1S/C10H17N3O4S/c1-8(2)17-9(14)12-18(15,16)13-10(7-11)5-3-4-6-10/h8,13H,3-6H2,1-2H3,(H,12,14). The van der Waals surface area contributed by atoms with Crippen LogP contribution in [0.5, 0.6) is 0 Å². The zero-order valence-electron chi connectivity index (χ0n) is 10.4. The third-order valence-electron chi connectivity index (χ3n) is 2.56. The molecule has 8 heteroatoms. The summed E-state index contributed by atoms with van der Waals surface area (Å²) in [5, 5.41) is 9.04. The second-order valence-electron chi connectivity index (χ2n) is 4.56. The number of ether oxygens (including phenoxy) is 1. The van der Waals surface area contributed by atoms with Crippen molar-refractivity contribution in [3.8, 4) is 6.07 Å². The maximum atomic E-state index is 11.7. The van der Waals surface area contributed by atoms with Crippen LogP contribution in [0.25, 0.3) is 0 Å². The number of hydrogen-bond donors (Lipinski definition) is 2. The van der Waals surface area contributed by atoms with Crippen molar-refractivity contribution in [2.24, 2.45) is 0 Å². The average molecular weight is 275 g/mol. The van der Waals surface area contributed by atoms with E-state index in [1.54, 1.807) is 18.6 Å². The first-order valence-electron chi connectivity index (χ1n) is 5.72. The molecule has 1 aliphatic carbocycles. The Hall–Kier alpha value is -1.33. The summed E-state index contributed by atoms with van der Waals surface area (Å²) in [4.78, 5) is 11.2. The first kappa shape index (κ1) is 14.7. The third kappa shape index (κ3) is 4.16. The molecule has 0 atom stereocenters. The summed E-state index contributed by atoms with van der Waals surface area (Å²) in [6.07, 6.45) is 0.993. The van der Waals surface area contributed by atoms with E-state index in [2.05, 4.69) is 9.46 Å². The molecular weight excluding hydrogens is 258 g/mol. The van der Waals surface area contributed by atoms with Crippen LogP contribution in [0.4, 0.5) is 4.79 Å². The maximum Gasteiger partial charge on any atom is 0.422 e. The van der Waals surface area contributed by atoms with E-state index >= 15 is 0 Å². The van der Waals surface area contributed by atoms with Gasteiger partial charge in [-0.2, -0.15) is 18.4 Å². The van der Waals surface area contributed by atoms with Gasteiger partial charge in [-0.15, -0.1) is 0 Å². The number of amides is 1. The molecule has 2 N–H and O–H groups in total. The number of nitrogens with one attached hydrogen (secondary N) is 2. The van der Waals surface area contributed by atoms with Crippen molar-refractivity contribution in [1.29, 1.82) is 5.26 Å². The van der Waals surface area contributed by atoms with Crippen molar-refractivity contribution in [1.82, 2.24) is 9.44 Å². The van der Waals surface area contributed by atoms with Gasteiger partial charge < -0.3 is 4.74 Å². The van der Waals surface area contributed by atoms with Gasteiger partial charge in [0.15, 0.2) is 0 Å². The highest BCUT2D eigenvalue weighted by Crippen LogP contribution is 2.29. The van der Waals surface area contributed by atoms with E-state index in [0.29, 0.717) is 12.8 Å². The Morgan fingerprint density at radius 1 is 1.39 bits per heavy atom. The highest BCUT2D eigenvalue weighted by molar-refractivity contribution is 7.88. The maximum absolute atomic E-state index is 11.7. The van der Waals surface area contributed by atoms with E-state index in [1.165, 1.54) is 0 Å². The van der Waals surface area contributed by atoms with E-state index in [9.17, 15) is 13.2 Å². The number of hydrogen-bond acceptors (Lipinski definition) is 5. The summed E-state index contributed by atoms with van der Waals surface area (Å²) in [6, 6.07) is 1.97. The SMILES string of the molecule is CC(C)OC(=O)NS(=O)(=O)NC1(C#N)CCCC1. The number of nitrogens with zero attached hydrogens (tertiary/aromatic N) is 1. The molecule has 0 heterocycles. The van der Waals surface area contributed by atoms with Crippen molar-refractivity contribution < 1.29 is 17.9 Å². The van der Waals surface area contributed by atoms with E-state index in [-0.39, 0.29) is 0 Å². The van der Waals surface area contributed by atoms with Crippen LogP contribution < -0.4 is 9.44 Å². The fraction of sp³-hybridized carbons (Fsp3) is 0.800. The quantitative estimate of drug-likeness (QED) is 0.788. The fourth-order valence-corrected chi connectivity index (χ4v) is 2.93. The second-order valence-corrected chi connectivity index (χ2v) is 5.98. The largest absolute Gasteiger partial charge is 0.446 e. The summed E-state index contributed by atoms with van der Waals surface area (Å²) < 4.78 is 31.9. The van der Waals surface area contributed by atoms with Gasteiger partial charge in [-0.25, -0.2) is 9.52 Å². The molecule has 0 aliphatic heterocycles. The molecule has 0 aromatic heterocycles. The van der Waals surface area contributed by atoms with Crippen LogP contribution in [-0.2, 0) is 14.9 Å². The van der Waals surface area contributed by atoms with Crippen LogP contribution in [-0.4, -0.2) is 26.2 Å². The van der Waals surface area contributed by atoms with Gasteiger partial charge >= 0.3 is 16.3 Å². The number of carbonyl (C=O) groups is 1. The normalized spacial score (nSPS) is 18.3. The lowest BCUT2D eigenvalue weighted by Gasteiger charge is -2.21. The zero-order chi connectivity index (χ0) is 13.8. The topological polar surface area (TPSA) is 108 Å². The van der Waals surface area contributed by atoms with E-state index in [4.69, 9.17) is 5.26 Å². The van der Waals surface area contributed by atoms with Crippen LogP contribution in [0.3, 0.4) is 0 Å². The molecule has 1 rings (SSSR count). The van der Waals surface area contributed by atoms with Crippen molar-refractivity contribution in [2.75, 3.05) is 0 Å². The molecule has 18 heavy (non-hydrogen) atoms. The van der Waals surface area contributed by atoms with Crippen molar-refractivity contribution in [2.45, 2.75) is 51.2 Å². The highest BCUT2D eigenvalue weighted by atomic mass is 32.2. The van der Waals surface area contributed by atoms with Crippen LogP contribution in [0.1, 0.15) is 39.5 Å². The Bertz CT molecular complexity index is 446. The average Bonchev–Trinajstić information content (AvgIpc) is 2.63. The van der Waals surface area contributed by atoms with Gasteiger partial charge in [0.2, 0.25) is 0 Å². The monoisotopic (exact) mass is 275 g/mol. The summed E-state index contributed by atoms with van der Waals surface area (Å²) in [5.41, 5.74) is -1.11. The number of nitriles is 1. The molecule has 0 spiro atoms. The Balaban J connectivity index is 2.65. The first-order valence-corrected chi connectivity index (χ1v) is 7.20. The molecule has 102 valence electrons. The minimum absolute atomic E-state index is 0.420. The Labute approximate surface area is 107 Å². The highest BCUT2D eigenvalue weighted by Gasteiger charge is 2.38. The zero-order valence-corrected chi connectivity index (χ0v) is 11.2. The lowest BCUT2D eigenvalue weighted by Crippen LogP contribution is -2.51. The molecule has 0 radical (unpaired) electrons. The lowest BCUT2D eigenvalue weighted by atomic mass is 10.0. The van der Waals surface area contributed by atoms with Crippen molar-refractivity contribution in [3.63, 3.8) is 0 Å². The Kier molecular flexibility index (Phi) is 4.53. The predicted molar refractivity (Wildman–Crippen MR) is 63.6 cm³/mol. The summed E-state index contributed by atoms with van der Waals surface area (Å²) in [6.45, 7) is 3.21. The van der Waals surface area contributed by atoms with Gasteiger partial charge in [-0.3, -0.25) is 0 Å². The van der Waals surface area contributed by atoms with Gasteiger partial charge in [0.1, 0.15) is 5.54 Å². The Morgan fingerprint density at radius 3 is 2.39 bits per heavy atom. The molecule has 0 unspecified atom stereocenters. The summed E-state index contributed by atoms with van der Waals surface area (Å²) >= 11 is 0. The smallest absolute Gasteiger partial charge is 0.422 e. The van der Waals surface area contributed by atoms with Gasteiger partial charge in [0, 0.05) is 0 Å². The third-order valence-corrected chi connectivity index (χ3v) is 3.66. The van der Waals surface area contributed by atoms with E-state index in [0.717, 1.165) is 12.8 Å². The molecule has 1 saturated carbocycles. The molecule has 1 fully saturated rings. The molecular formula is C10H17N3O4S. The van der Waals surface area contributed by atoms with Gasteiger partial charge in [0.05, 0.1) is 12.2 Å². The first-order chi connectivity index (χ1) is 8.29. The molecule has 0 aromatic carbocycles. The Morgan fingerprint density at radius 2 is 1.94 bits per heavy atom. The molecule has 0 saturated heterocycles. The molecule has 7 nitrogen and oxygen atoms in total. The minimum Gasteiger partial charge on any atom is -0.446 e. The fourth-order valence-electron chi connectivity index (χ4n) is 1.85. The van der Waals surface area contributed by atoms with E-state index in [1.807, 2.05) is 6.07 Å². The predicted octanol–water partition coefficient (Wildman–Crippen LogP) is 0.792. The molecule has 1 aliphatic rings. The molecule has 0 bridgehead atoms. The molecule has 1 amide bonds. The van der Waals surface area contributed by atoms with Crippen LogP contribution >= 0.6 is 0 Å². The van der Waals surface area contributed by atoms with Crippen LogP contribution in [0, 0.1) is 11.3 Å². The minimum atomic E-state index is -4.08. The van der Waals surface area contributed by atoms with Crippen molar-refractivity contribution >= 4 is 16.3 Å². The van der Waals surface area contributed by atoms with E-state index < -0.39 is 27.9 Å². The van der Waals surface area contributed by atoms with Gasteiger partial charge in [0.25, 0.3) is 0 Å². The van der Waals surface area contributed by atoms with Gasteiger partial charge in [-0.05, 0) is 26.7 Å². The molecule has 0 aromatic rings. The lowest BCUT2D eigenvalue weighted by molar-refractivity contribution is 0.121. The number of carbonyl (C=O) groups excluding carboxylic acids is 1. The van der Waals surface area contributed by atoms with Crippen LogP contribution in [0.15, 0.2) is 0 Å². The summed E-state index contributed by atoms with van der Waals surface area (Å²) in [5.74, 6) is 0. The van der Waals surface area contributed by atoms with Gasteiger partial charge in [-0.1, -0.05) is 12.8 Å². The van der Waals surface area contributed by atoms with Crippen molar-refractivity contribution in [3.05, 3.63) is 0 Å².